The number of carbonyl (C=O) groups is 1. The van der Waals surface area contributed by atoms with Crippen molar-refractivity contribution < 1.29 is 13.6 Å². The molecule has 0 bridgehead atoms. The van der Waals surface area contributed by atoms with Crippen molar-refractivity contribution in [2.75, 3.05) is 5.32 Å². The quantitative estimate of drug-likeness (QED) is 0.837. The number of hydrogen-bond donors (Lipinski definition) is 1. The number of benzene rings is 2. The Kier molecular flexibility index (Phi) is 5.64. The minimum Gasteiger partial charge on any atom is -0.321 e. The van der Waals surface area contributed by atoms with E-state index in [0.29, 0.717) is 0 Å². The van der Waals surface area contributed by atoms with Crippen molar-refractivity contribution in [3.63, 3.8) is 0 Å². The molecule has 1 N–H and O–H groups in total. The van der Waals surface area contributed by atoms with Crippen LogP contribution in [0.3, 0.4) is 0 Å². The average Bonchev–Trinajstić information content (AvgIpc) is 2.50. The maximum atomic E-state index is 13.5. The van der Waals surface area contributed by atoms with Gasteiger partial charge in [0.1, 0.15) is 17.3 Å². The van der Waals surface area contributed by atoms with Crippen molar-refractivity contribution in [1.29, 1.82) is 0 Å². The van der Waals surface area contributed by atoms with E-state index in [4.69, 9.17) is 0 Å². The first-order chi connectivity index (χ1) is 10.6. The number of anilines is 1. The van der Waals surface area contributed by atoms with Gasteiger partial charge in [-0.2, -0.15) is 0 Å². The van der Waals surface area contributed by atoms with E-state index in [-0.39, 0.29) is 6.42 Å². The van der Waals surface area contributed by atoms with Crippen molar-refractivity contribution in [2.24, 2.45) is 0 Å². The molecule has 22 heavy (non-hydrogen) atoms. The van der Waals surface area contributed by atoms with E-state index in [0.717, 1.165) is 37.0 Å². The Labute approximate surface area is 129 Å². The fraction of sp³-hybridized carbons (Fsp3) is 0.278. The van der Waals surface area contributed by atoms with Crippen LogP contribution in [0.4, 0.5) is 14.5 Å². The molecule has 0 saturated heterocycles. The lowest BCUT2D eigenvalue weighted by Gasteiger charge is -2.08. The van der Waals surface area contributed by atoms with Gasteiger partial charge in [0.2, 0.25) is 5.91 Å². The molecule has 0 unspecified atom stereocenters. The highest BCUT2D eigenvalue weighted by atomic mass is 19.1. The topological polar surface area (TPSA) is 29.1 Å². The van der Waals surface area contributed by atoms with Gasteiger partial charge in [0.25, 0.3) is 0 Å². The fourth-order valence-electron chi connectivity index (χ4n) is 2.19. The molecule has 0 aliphatic heterocycles. The number of unbranched alkanes of at least 4 members (excludes halogenated alkanes) is 1. The lowest BCUT2D eigenvalue weighted by molar-refractivity contribution is -0.115. The predicted molar refractivity (Wildman–Crippen MR) is 83.7 cm³/mol. The molecular formula is C18H19F2NO. The summed E-state index contributed by atoms with van der Waals surface area (Å²) >= 11 is 0. The molecule has 0 spiro atoms. The van der Waals surface area contributed by atoms with Crippen LogP contribution < -0.4 is 5.32 Å². The van der Waals surface area contributed by atoms with Gasteiger partial charge in [-0.3, -0.25) is 4.79 Å². The minimum absolute atomic E-state index is 0.0852. The molecule has 2 aromatic rings. The van der Waals surface area contributed by atoms with Gasteiger partial charge < -0.3 is 5.32 Å². The molecule has 2 aromatic carbocycles. The number of halogens is 2. The van der Waals surface area contributed by atoms with E-state index >= 15 is 0 Å². The molecule has 0 fully saturated rings. The van der Waals surface area contributed by atoms with Gasteiger partial charge in [-0.25, -0.2) is 8.78 Å². The molecule has 116 valence electrons. The van der Waals surface area contributed by atoms with Crippen LogP contribution in [0, 0.1) is 11.6 Å². The second kappa shape index (κ2) is 7.69. The van der Waals surface area contributed by atoms with Crippen LogP contribution >= 0.6 is 0 Å². The molecule has 0 aliphatic rings. The molecule has 0 saturated carbocycles. The van der Waals surface area contributed by atoms with Crippen LogP contribution in [0.25, 0.3) is 0 Å². The Hall–Kier alpha value is -2.23. The largest absolute Gasteiger partial charge is 0.321 e. The maximum absolute atomic E-state index is 13.5. The SMILES string of the molecule is CCCCc1ccc(CC(=O)Nc2c(F)cccc2F)cc1. The van der Waals surface area contributed by atoms with Crippen LogP contribution in [0.5, 0.6) is 0 Å². The standard InChI is InChI=1S/C18H19F2NO/c1-2-3-5-13-8-10-14(11-9-13)12-17(22)21-18-15(19)6-4-7-16(18)20/h4,6-11H,2-3,5,12H2,1H3,(H,21,22). The van der Waals surface area contributed by atoms with Crippen molar-refractivity contribution in [1.82, 2.24) is 0 Å². The third-order valence-electron chi connectivity index (χ3n) is 3.43. The number of carbonyl (C=O) groups excluding carboxylic acids is 1. The van der Waals surface area contributed by atoms with Crippen LogP contribution in [0.2, 0.25) is 0 Å². The van der Waals surface area contributed by atoms with Crippen molar-refractivity contribution in [2.45, 2.75) is 32.6 Å². The monoisotopic (exact) mass is 303 g/mol. The molecule has 0 aromatic heterocycles. The van der Waals surface area contributed by atoms with Crippen molar-refractivity contribution >= 4 is 11.6 Å². The first kappa shape index (κ1) is 16.1. The molecule has 2 nitrogen and oxygen atoms in total. The number of para-hydroxylation sites is 1. The van der Waals surface area contributed by atoms with E-state index in [1.165, 1.54) is 11.6 Å². The van der Waals surface area contributed by atoms with E-state index in [9.17, 15) is 13.6 Å². The zero-order chi connectivity index (χ0) is 15.9. The van der Waals surface area contributed by atoms with Crippen molar-refractivity contribution in [3.05, 3.63) is 65.2 Å². The van der Waals surface area contributed by atoms with Gasteiger partial charge in [-0.05, 0) is 36.1 Å². The summed E-state index contributed by atoms with van der Waals surface area (Å²) in [6, 6.07) is 11.2. The Morgan fingerprint density at radius 2 is 1.59 bits per heavy atom. The van der Waals surface area contributed by atoms with E-state index in [1.807, 2.05) is 24.3 Å². The summed E-state index contributed by atoms with van der Waals surface area (Å²) < 4.78 is 26.9. The first-order valence-electron chi connectivity index (χ1n) is 7.42. The normalized spacial score (nSPS) is 10.5. The summed E-state index contributed by atoms with van der Waals surface area (Å²) in [7, 11) is 0. The number of hydrogen-bond acceptors (Lipinski definition) is 1. The number of aryl methyl sites for hydroxylation is 1. The highest BCUT2D eigenvalue weighted by Crippen LogP contribution is 2.18. The van der Waals surface area contributed by atoms with Crippen LogP contribution in [0.15, 0.2) is 42.5 Å². The van der Waals surface area contributed by atoms with E-state index < -0.39 is 23.2 Å². The zero-order valence-electron chi connectivity index (χ0n) is 12.5. The Bertz CT molecular complexity index is 618. The zero-order valence-corrected chi connectivity index (χ0v) is 12.5. The number of amides is 1. The molecule has 0 atom stereocenters. The molecule has 0 aliphatic carbocycles. The summed E-state index contributed by atoms with van der Waals surface area (Å²) in [5.74, 6) is -1.99. The molecular weight excluding hydrogens is 284 g/mol. The Morgan fingerprint density at radius 1 is 1.00 bits per heavy atom. The second-order valence-electron chi connectivity index (χ2n) is 5.24. The summed E-state index contributed by atoms with van der Waals surface area (Å²) in [4.78, 5) is 11.9. The van der Waals surface area contributed by atoms with Crippen LogP contribution in [-0.4, -0.2) is 5.91 Å². The summed E-state index contributed by atoms with van der Waals surface area (Å²) in [5, 5.41) is 2.29. The van der Waals surface area contributed by atoms with E-state index in [2.05, 4.69) is 12.2 Å². The highest BCUT2D eigenvalue weighted by Gasteiger charge is 2.12. The smallest absolute Gasteiger partial charge is 0.228 e. The molecule has 1 amide bonds. The van der Waals surface area contributed by atoms with Gasteiger partial charge in [0.05, 0.1) is 6.42 Å². The minimum atomic E-state index is -0.775. The van der Waals surface area contributed by atoms with E-state index in [1.54, 1.807) is 0 Å². The summed E-state index contributed by atoms with van der Waals surface area (Å²) in [5.41, 5.74) is 1.65. The van der Waals surface area contributed by atoms with Crippen molar-refractivity contribution in [3.8, 4) is 0 Å². The Morgan fingerprint density at radius 3 is 2.18 bits per heavy atom. The van der Waals surface area contributed by atoms with Gasteiger partial charge in [0, 0.05) is 0 Å². The Balaban J connectivity index is 1.97. The molecule has 2 rings (SSSR count). The van der Waals surface area contributed by atoms with Gasteiger partial charge in [-0.1, -0.05) is 43.7 Å². The van der Waals surface area contributed by atoms with Crippen LogP contribution in [-0.2, 0) is 17.6 Å². The summed E-state index contributed by atoms with van der Waals surface area (Å²) in [6.45, 7) is 2.14. The second-order valence-corrected chi connectivity index (χ2v) is 5.24. The predicted octanol–water partition coefficient (Wildman–Crippen LogP) is 4.49. The fourth-order valence-corrected chi connectivity index (χ4v) is 2.19. The third-order valence-corrected chi connectivity index (χ3v) is 3.43. The lowest BCUT2D eigenvalue weighted by atomic mass is 10.0. The first-order valence-corrected chi connectivity index (χ1v) is 7.42. The lowest BCUT2D eigenvalue weighted by Crippen LogP contribution is -2.16. The summed E-state index contributed by atoms with van der Waals surface area (Å²) in [6.07, 6.45) is 3.37. The average molecular weight is 303 g/mol. The van der Waals surface area contributed by atoms with Gasteiger partial charge in [0.15, 0.2) is 0 Å². The highest BCUT2D eigenvalue weighted by molar-refractivity contribution is 5.92. The maximum Gasteiger partial charge on any atom is 0.228 e. The number of rotatable bonds is 6. The number of nitrogens with one attached hydrogen (secondary N) is 1. The molecule has 0 heterocycles. The molecule has 4 heteroatoms. The van der Waals surface area contributed by atoms with Gasteiger partial charge >= 0.3 is 0 Å². The van der Waals surface area contributed by atoms with Crippen LogP contribution in [0.1, 0.15) is 30.9 Å². The molecule has 0 radical (unpaired) electrons. The van der Waals surface area contributed by atoms with Gasteiger partial charge in [-0.15, -0.1) is 0 Å². The third kappa shape index (κ3) is 4.38.